The van der Waals surface area contributed by atoms with Crippen molar-refractivity contribution in [2.75, 3.05) is 7.11 Å². The minimum Gasteiger partial charge on any atom is -0.495 e. The van der Waals surface area contributed by atoms with Crippen LogP contribution < -0.4 is 4.74 Å². The summed E-state index contributed by atoms with van der Waals surface area (Å²) in [4.78, 5) is 0. The number of hydrogen-bond donors (Lipinski definition) is 0. The van der Waals surface area contributed by atoms with Gasteiger partial charge in [0.25, 0.3) is 0 Å². The lowest BCUT2D eigenvalue weighted by Crippen LogP contribution is -1.94. The van der Waals surface area contributed by atoms with Gasteiger partial charge in [-0.15, -0.1) is 0 Å². The summed E-state index contributed by atoms with van der Waals surface area (Å²) in [5.74, 6) is 0.623. The molecular formula is C12H10ClN3O. The van der Waals surface area contributed by atoms with Crippen molar-refractivity contribution >= 4 is 11.6 Å². The third-order valence-electron chi connectivity index (χ3n) is 2.44. The van der Waals surface area contributed by atoms with E-state index < -0.39 is 0 Å². The number of methoxy groups -OCH3 is 1. The topological polar surface area (TPSA) is 50.8 Å². The molecule has 0 aliphatic carbocycles. The lowest BCUT2D eigenvalue weighted by atomic mass is 10.1. The van der Waals surface area contributed by atoms with Crippen molar-refractivity contribution in [1.82, 2.24) is 9.78 Å². The Balaban J connectivity index is 2.50. The van der Waals surface area contributed by atoms with Gasteiger partial charge in [0, 0.05) is 18.7 Å². The normalized spacial score (nSPS) is 10.0. The monoisotopic (exact) mass is 247 g/mol. The Bertz CT molecular complexity index is 598. The Labute approximate surface area is 104 Å². The molecule has 17 heavy (non-hydrogen) atoms. The predicted octanol–water partition coefficient (Wildman–Crippen LogP) is 2.62. The maximum Gasteiger partial charge on any atom is 0.163 e. The number of nitrogens with zero attached hydrogens (tertiary/aromatic N) is 3. The summed E-state index contributed by atoms with van der Waals surface area (Å²) < 4.78 is 6.74. The van der Waals surface area contributed by atoms with Gasteiger partial charge < -0.3 is 4.74 Å². The van der Waals surface area contributed by atoms with E-state index in [1.54, 1.807) is 37.0 Å². The van der Waals surface area contributed by atoms with Crippen molar-refractivity contribution < 1.29 is 4.74 Å². The first-order chi connectivity index (χ1) is 8.15. The molecule has 86 valence electrons. The highest BCUT2D eigenvalue weighted by molar-refractivity contribution is 6.32. The molecule has 0 bridgehead atoms. The Kier molecular flexibility index (Phi) is 3.03. The van der Waals surface area contributed by atoms with E-state index in [4.69, 9.17) is 21.6 Å². The highest BCUT2D eigenvalue weighted by Crippen LogP contribution is 2.30. The fraction of sp³-hybridized carbons (Fsp3) is 0.167. The zero-order valence-electron chi connectivity index (χ0n) is 9.44. The second-order valence-electron chi connectivity index (χ2n) is 3.50. The molecular weight excluding hydrogens is 238 g/mol. The SMILES string of the molecule is COc1ccc(-c2cc(C#N)nn2C)cc1Cl. The van der Waals surface area contributed by atoms with E-state index in [1.807, 2.05) is 12.1 Å². The van der Waals surface area contributed by atoms with Crippen LogP contribution in [0.2, 0.25) is 5.02 Å². The van der Waals surface area contributed by atoms with Crippen LogP contribution in [0.3, 0.4) is 0 Å². The highest BCUT2D eigenvalue weighted by atomic mass is 35.5. The number of ether oxygens (including phenoxy) is 1. The fourth-order valence-electron chi connectivity index (χ4n) is 1.62. The summed E-state index contributed by atoms with van der Waals surface area (Å²) in [6.07, 6.45) is 0. The van der Waals surface area contributed by atoms with Crippen molar-refractivity contribution in [3.05, 3.63) is 35.0 Å². The Morgan fingerprint density at radius 2 is 2.18 bits per heavy atom. The van der Waals surface area contributed by atoms with E-state index in [0.29, 0.717) is 16.5 Å². The molecule has 0 saturated carbocycles. The number of nitriles is 1. The average molecular weight is 248 g/mol. The molecule has 0 amide bonds. The van der Waals surface area contributed by atoms with Crippen LogP contribution in [-0.2, 0) is 7.05 Å². The van der Waals surface area contributed by atoms with Crippen LogP contribution in [0, 0.1) is 11.3 Å². The van der Waals surface area contributed by atoms with Gasteiger partial charge in [-0.1, -0.05) is 11.6 Å². The maximum atomic E-state index is 8.79. The molecule has 0 aliphatic rings. The molecule has 2 aromatic rings. The van der Waals surface area contributed by atoms with Gasteiger partial charge in [-0.2, -0.15) is 10.4 Å². The summed E-state index contributed by atoms with van der Waals surface area (Å²) >= 11 is 6.05. The molecule has 1 aromatic heterocycles. The zero-order valence-corrected chi connectivity index (χ0v) is 10.2. The van der Waals surface area contributed by atoms with Crippen molar-refractivity contribution in [2.45, 2.75) is 0 Å². The first kappa shape index (κ1) is 11.5. The molecule has 0 spiro atoms. The molecule has 4 nitrogen and oxygen atoms in total. The van der Waals surface area contributed by atoms with Crippen molar-refractivity contribution in [3.63, 3.8) is 0 Å². The number of aryl methyl sites for hydroxylation is 1. The van der Waals surface area contributed by atoms with E-state index in [-0.39, 0.29) is 0 Å². The van der Waals surface area contributed by atoms with Gasteiger partial charge in [0.15, 0.2) is 5.69 Å². The van der Waals surface area contributed by atoms with E-state index in [2.05, 4.69) is 5.10 Å². The molecule has 0 aliphatic heterocycles. The molecule has 0 unspecified atom stereocenters. The quantitative estimate of drug-likeness (QED) is 0.820. The number of hydrogen-bond acceptors (Lipinski definition) is 3. The molecule has 0 saturated heterocycles. The van der Waals surface area contributed by atoms with Crippen LogP contribution in [0.25, 0.3) is 11.3 Å². The Morgan fingerprint density at radius 1 is 1.41 bits per heavy atom. The van der Waals surface area contributed by atoms with Crippen LogP contribution >= 0.6 is 11.6 Å². The van der Waals surface area contributed by atoms with Crippen molar-refractivity contribution in [2.24, 2.45) is 7.05 Å². The number of halogens is 1. The molecule has 2 rings (SSSR count). The molecule has 5 heteroatoms. The first-order valence-electron chi connectivity index (χ1n) is 4.93. The third-order valence-corrected chi connectivity index (χ3v) is 2.74. The van der Waals surface area contributed by atoms with E-state index in [1.165, 1.54) is 0 Å². The number of benzene rings is 1. The van der Waals surface area contributed by atoms with E-state index in [0.717, 1.165) is 11.3 Å². The zero-order chi connectivity index (χ0) is 12.4. The average Bonchev–Trinajstić information content (AvgIpc) is 2.70. The summed E-state index contributed by atoms with van der Waals surface area (Å²) in [7, 11) is 3.35. The maximum absolute atomic E-state index is 8.79. The molecule has 0 fully saturated rings. The summed E-state index contributed by atoms with van der Waals surface area (Å²) in [6, 6.07) is 9.18. The predicted molar refractivity (Wildman–Crippen MR) is 64.9 cm³/mol. The van der Waals surface area contributed by atoms with Gasteiger partial charge >= 0.3 is 0 Å². The van der Waals surface area contributed by atoms with Crippen LogP contribution in [0.5, 0.6) is 5.75 Å². The van der Waals surface area contributed by atoms with Crippen molar-refractivity contribution in [1.29, 1.82) is 5.26 Å². The minimum absolute atomic E-state index is 0.384. The molecule has 0 N–H and O–H groups in total. The Morgan fingerprint density at radius 3 is 2.71 bits per heavy atom. The minimum atomic E-state index is 0.384. The lowest BCUT2D eigenvalue weighted by molar-refractivity contribution is 0.415. The largest absolute Gasteiger partial charge is 0.495 e. The molecule has 1 heterocycles. The van der Waals surface area contributed by atoms with Gasteiger partial charge in [-0.05, 0) is 18.2 Å². The molecule has 0 radical (unpaired) electrons. The third kappa shape index (κ3) is 2.10. The van der Waals surface area contributed by atoms with Gasteiger partial charge in [0.2, 0.25) is 0 Å². The smallest absolute Gasteiger partial charge is 0.163 e. The second kappa shape index (κ2) is 4.48. The summed E-state index contributed by atoms with van der Waals surface area (Å²) in [5.41, 5.74) is 2.12. The van der Waals surface area contributed by atoms with Crippen LogP contribution in [0.15, 0.2) is 24.3 Å². The van der Waals surface area contributed by atoms with Crippen LogP contribution in [0.4, 0.5) is 0 Å². The Hall–Kier alpha value is -1.99. The fourth-order valence-corrected chi connectivity index (χ4v) is 1.88. The number of aromatic nitrogens is 2. The van der Waals surface area contributed by atoms with Gasteiger partial charge in [0.05, 0.1) is 17.8 Å². The number of rotatable bonds is 2. The van der Waals surface area contributed by atoms with Gasteiger partial charge in [-0.3, -0.25) is 4.68 Å². The van der Waals surface area contributed by atoms with Crippen molar-refractivity contribution in [3.8, 4) is 23.1 Å². The van der Waals surface area contributed by atoms with E-state index in [9.17, 15) is 0 Å². The van der Waals surface area contributed by atoms with Gasteiger partial charge in [-0.25, -0.2) is 0 Å². The standard InChI is InChI=1S/C12H10ClN3O/c1-16-11(6-9(7-14)15-16)8-3-4-12(17-2)10(13)5-8/h3-6H,1-2H3. The molecule has 0 atom stereocenters. The molecule has 1 aromatic carbocycles. The van der Waals surface area contributed by atoms with Gasteiger partial charge in [0.1, 0.15) is 11.8 Å². The van der Waals surface area contributed by atoms with Crippen LogP contribution in [-0.4, -0.2) is 16.9 Å². The highest BCUT2D eigenvalue weighted by Gasteiger charge is 2.09. The first-order valence-corrected chi connectivity index (χ1v) is 5.31. The van der Waals surface area contributed by atoms with Crippen LogP contribution in [0.1, 0.15) is 5.69 Å². The van der Waals surface area contributed by atoms with E-state index >= 15 is 0 Å². The second-order valence-corrected chi connectivity index (χ2v) is 3.91. The summed E-state index contributed by atoms with van der Waals surface area (Å²) in [6.45, 7) is 0. The lowest BCUT2D eigenvalue weighted by Gasteiger charge is -2.06. The summed E-state index contributed by atoms with van der Waals surface area (Å²) in [5, 5.41) is 13.4.